The van der Waals surface area contributed by atoms with Crippen LogP contribution in [-0.2, 0) is 11.0 Å². The molecule has 192 valence electrons. The molecule has 0 fully saturated rings. The maximum atomic E-state index is 13.2. The lowest BCUT2D eigenvalue weighted by Crippen LogP contribution is -2.13. The number of rotatable bonds is 8. The molecule has 0 radical (unpaired) electrons. The minimum absolute atomic E-state index is 0.00348. The topological polar surface area (TPSA) is 102 Å². The van der Waals surface area contributed by atoms with Crippen molar-refractivity contribution in [3.63, 3.8) is 0 Å². The van der Waals surface area contributed by atoms with Crippen molar-refractivity contribution in [2.24, 2.45) is 0 Å². The first-order chi connectivity index (χ1) is 17.3. The SMILES string of the molecule is CC.COc1nc(NS(=O)c2c[nH]c3c(-c4ncccc4C)c(Cl)ccc23)nc(C)c1OCC(F)F. The highest BCUT2D eigenvalue weighted by atomic mass is 35.5. The Morgan fingerprint density at radius 1 is 1.19 bits per heavy atom. The van der Waals surface area contributed by atoms with Gasteiger partial charge in [-0.25, -0.2) is 18.0 Å². The van der Waals surface area contributed by atoms with Gasteiger partial charge in [0.1, 0.15) is 6.61 Å². The maximum absolute atomic E-state index is 13.2. The summed E-state index contributed by atoms with van der Waals surface area (Å²) in [6, 6.07) is 7.26. The lowest BCUT2D eigenvalue weighted by Gasteiger charge is -2.13. The number of fused-ring (bicyclic) bond motifs is 1. The van der Waals surface area contributed by atoms with Crippen LogP contribution in [0.2, 0.25) is 5.02 Å². The molecule has 3 aromatic heterocycles. The second kappa shape index (κ2) is 12.1. The Labute approximate surface area is 215 Å². The van der Waals surface area contributed by atoms with E-state index in [0.29, 0.717) is 32.1 Å². The van der Waals surface area contributed by atoms with E-state index in [4.69, 9.17) is 21.1 Å². The van der Waals surface area contributed by atoms with Crippen LogP contribution in [0.25, 0.3) is 22.2 Å². The first-order valence-corrected chi connectivity index (χ1v) is 12.6. The fourth-order valence-corrected chi connectivity index (χ4v) is 4.60. The fourth-order valence-electron chi connectivity index (χ4n) is 3.45. The zero-order valence-corrected chi connectivity index (χ0v) is 21.9. The highest BCUT2D eigenvalue weighted by Crippen LogP contribution is 2.37. The molecule has 0 aliphatic heterocycles. The number of hydrogen-bond acceptors (Lipinski definition) is 6. The molecule has 0 bridgehead atoms. The van der Waals surface area contributed by atoms with Crippen molar-refractivity contribution in [2.45, 2.75) is 39.0 Å². The van der Waals surface area contributed by atoms with Gasteiger partial charge in [-0.05, 0) is 31.5 Å². The van der Waals surface area contributed by atoms with E-state index >= 15 is 0 Å². The molecule has 1 aromatic carbocycles. The molecule has 8 nitrogen and oxygen atoms in total. The van der Waals surface area contributed by atoms with Crippen LogP contribution in [0, 0.1) is 13.8 Å². The molecule has 3 heterocycles. The van der Waals surface area contributed by atoms with E-state index in [-0.39, 0.29) is 23.3 Å². The Hall–Kier alpha value is -3.31. The number of nitrogens with zero attached hydrogens (tertiary/aromatic N) is 3. The van der Waals surface area contributed by atoms with E-state index in [1.54, 1.807) is 31.5 Å². The molecule has 0 aliphatic rings. The third-order valence-corrected chi connectivity index (χ3v) is 6.37. The highest BCUT2D eigenvalue weighted by molar-refractivity contribution is 7.86. The van der Waals surface area contributed by atoms with E-state index in [1.165, 1.54) is 7.11 Å². The van der Waals surface area contributed by atoms with Crippen molar-refractivity contribution < 1.29 is 22.5 Å². The lowest BCUT2D eigenvalue weighted by molar-refractivity contribution is 0.0795. The number of anilines is 1. The number of alkyl halides is 2. The zero-order chi connectivity index (χ0) is 26.4. The Bertz CT molecular complexity index is 1380. The summed E-state index contributed by atoms with van der Waals surface area (Å²) >= 11 is 6.49. The number of aromatic amines is 1. The molecular formula is C24H26ClF2N5O3S. The van der Waals surface area contributed by atoms with Crippen LogP contribution in [0.5, 0.6) is 11.6 Å². The molecule has 1 atom stereocenters. The van der Waals surface area contributed by atoms with Crippen LogP contribution in [0.3, 0.4) is 0 Å². The molecule has 0 aliphatic carbocycles. The van der Waals surface area contributed by atoms with Crippen molar-refractivity contribution in [2.75, 3.05) is 18.4 Å². The van der Waals surface area contributed by atoms with Crippen molar-refractivity contribution in [1.82, 2.24) is 19.9 Å². The van der Waals surface area contributed by atoms with Gasteiger partial charge < -0.3 is 14.5 Å². The first kappa shape index (κ1) is 27.3. The predicted octanol–water partition coefficient (Wildman–Crippen LogP) is 6.10. The smallest absolute Gasteiger partial charge is 0.272 e. The average Bonchev–Trinajstić information content (AvgIpc) is 3.29. The number of H-pyrrole nitrogens is 1. The number of pyridine rings is 1. The molecule has 1 unspecified atom stereocenters. The van der Waals surface area contributed by atoms with Gasteiger partial charge in [0, 0.05) is 23.3 Å². The van der Waals surface area contributed by atoms with Crippen molar-refractivity contribution in [3.8, 4) is 22.9 Å². The van der Waals surface area contributed by atoms with E-state index < -0.39 is 24.0 Å². The summed E-state index contributed by atoms with van der Waals surface area (Å²) < 4.78 is 51.2. The number of methoxy groups -OCH3 is 1. The Morgan fingerprint density at radius 2 is 1.94 bits per heavy atom. The lowest BCUT2D eigenvalue weighted by atomic mass is 10.0. The fraction of sp³-hybridized carbons (Fsp3) is 0.292. The van der Waals surface area contributed by atoms with Gasteiger partial charge in [0.15, 0.2) is 11.0 Å². The van der Waals surface area contributed by atoms with Crippen LogP contribution in [0.15, 0.2) is 41.6 Å². The summed E-state index contributed by atoms with van der Waals surface area (Å²) in [6.07, 6.45) is 0.628. The van der Waals surface area contributed by atoms with Crippen molar-refractivity contribution in [3.05, 3.63) is 52.9 Å². The van der Waals surface area contributed by atoms with Crippen LogP contribution in [-0.4, -0.2) is 44.3 Å². The van der Waals surface area contributed by atoms with Crippen LogP contribution < -0.4 is 14.2 Å². The molecule has 4 aromatic rings. The Balaban J connectivity index is 0.00000176. The quantitative estimate of drug-likeness (QED) is 0.281. The summed E-state index contributed by atoms with van der Waals surface area (Å²) in [5.74, 6) is -0.0660. The van der Waals surface area contributed by atoms with Gasteiger partial charge in [-0.3, -0.25) is 9.71 Å². The number of halogens is 3. The van der Waals surface area contributed by atoms with Gasteiger partial charge in [-0.15, -0.1) is 0 Å². The third kappa shape index (κ3) is 5.73. The number of ether oxygens (including phenoxy) is 2. The summed E-state index contributed by atoms with van der Waals surface area (Å²) in [5.41, 5.74) is 3.30. The second-order valence-corrected chi connectivity index (χ2v) is 8.80. The summed E-state index contributed by atoms with van der Waals surface area (Å²) in [6.45, 7) is 6.66. The minimum Gasteiger partial charge on any atom is -0.480 e. The number of nitrogens with one attached hydrogen (secondary N) is 2. The molecule has 4 rings (SSSR count). The van der Waals surface area contributed by atoms with Gasteiger partial charge in [0.2, 0.25) is 11.7 Å². The van der Waals surface area contributed by atoms with Crippen molar-refractivity contribution in [1.29, 1.82) is 0 Å². The summed E-state index contributed by atoms with van der Waals surface area (Å²) in [5, 5.41) is 1.18. The van der Waals surface area contributed by atoms with Crippen LogP contribution >= 0.6 is 11.6 Å². The Morgan fingerprint density at radius 3 is 2.61 bits per heavy atom. The maximum Gasteiger partial charge on any atom is 0.272 e. The second-order valence-electron chi connectivity index (χ2n) is 7.21. The number of hydrogen-bond donors (Lipinski definition) is 2. The molecule has 0 saturated carbocycles. The first-order valence-electron chi connectivity index (χ1n) is 11.0. The standard InChI is InChI=1S/C22H20ClF2N5O3S.C2H6/c1-11-5-4-8-26-18(11)17-14(23)7-6-13-15(9-27-19(13)17)34(31)30-22-28-12(2)20(21(29-22)32-3)33-10-16(24)25;1-2/h4-9,16,27H,10H2,1-3H3,(H,28,29,30);1-2H3. The van der Waals surface area contributed by atoms with Gasteiger partial charge in [-0.2, -0.15) is 4.98 Å². The molecular weight excluding hydrogens is 512 g/mol. The summed E-state index contributed by atoms with van der Waals surface area (Å²) in [7, 11) is -0.455. The van der Waals surface area contributed by atoms with Gasteiger partial charge in [-0.1, -0.05) is 37.6 Å². The molecule has 12 heteroatoms. The Kier molecular flexibility index (Phi) is 9.16. The van der Waals surface area contributed by atoms with Gasteiger partial charge in [0.25, 0.3) is 12.3 Å². The zero-order valence-electron chi connectivity index (χ0n) is 20.4. The van der Waals surface area contributed by atoms with E-state index in [1.807, 2.05) is 32.9 Å². The monoisotopic (exact) mass is 537 g/mol. The number of benzene rings is 1. The normalized spacial score (nSPS) is 11.7. The largest absolute Gasteiger partial charge is 0.480 e. The van der Waals surface area contributed by atoms with E-state index in [0.717, 1.165) is 5.56 Å². The molecule has 0 saturated heterocycles. The number of aromatic nitrogens is 4. The van der Waals surface area contributed by atoms with Crippen LogP contribution in [0.1, 0.15) is 25.1 Å². The van der Waals surface area contributed by atoms with Crippen molar-refractivity contribution >= 4 is 39.4 Å². The molecule has 36 heavy (non-hydrogen) atoms. The van der Waals surface area contributed by atoms with Gasteiger partial charge in [0.05, 0.1) is 33.9 Å². The highest BCUT2D eigenvalue weighted by Gasteiger charge is 2.21. The molecule has 0 spiro atoms. The minimum atomic E-state index is -2.66. The predicted molar refractivity (Wildman–Crippen MR) is 137 cm³/mol. The third-order valence-electron chi connectivity index (χ3n) is 4.95. The molecule has 2 N–H and O–H groups in total. The van der Waals surface area contributed by atoms with E-state index in [2.05, 4.69) is 24.7 Å². The van der Waals surface area contributed by atoms with Gasteiger partial charge >= 0.3 is 0 Å². The van der Waals surface area contributed by atoms with Crippen LogP contribution in [0.4, 0.5) is 14.7 Å². The van der Waals surface area contributed by atoms with E-state index in [9.17, 15) is 13.0 Å². The number of aryl methyl sites for hydroxylation is 2. The summed E-state index contributed by atoms with van der Waals surface area (Å²) in [4.78, 5) is 16.3. The average molecular weight is 538 g/mol. The molecule has 0 amide bonds.